The van der Waals surface area contributed by atoms with Crippen molar-refractivity contribution in [1.29, 1.82) is 0 Å². The number of amides is 2. The molecular weight excluding hydrogens is 436 g/mol. The lowest BCUT2D eigenvalue weighted by atomic mass is 10.0. The lowest BCUT2D eigenvalue weighted by Gasteiger charge is -2.32. The van der Waals surface area contributed by atoms with Crippen LogP contribution in [-0.4, -0.2) is 96.9 Å². The van der Waals surface area contributed by atoms with Crippen molar-refractivity contribution in [3.8, 4) is 0 Å². The Hall–Kier alpha value is -2.47. The SMILES string of the molecule is Cc1nc(N2CCC(NS(C)(=O)=O)CC2)nc(C)c1C(=O)N1CC2CN(C(=O)O)CC2C1. The van der Waals surface area contributed by atoms with E-state index in [1.807, 2.05) is 18.7 Å². The summed E-state index contributed by atoms with van der Waals surface area (Å²) in [6.45, 7) is 6.94. The van der Waals surface area contributed by atoms with Crippen LogP contribution in [0.5, 0.6) is 0 Å². The third-order valence-corrected chi connectivity index (χ3v) is 7.44. The van der Waals surface area contributed by atoms with Crippen molar-refractivity contribution >= 4 is 28.0 Å². The number of likely N-dealkylation sites (tertiary alicyclic amines) is 2. The number of hydrogen-bond acceptors (Lipinski definition) is 7. The lowest BCUT2D eigenvalue weighted by Crippen LogP contribution is -2.45. The maximum Gasteiger partial charge on any atom is 0.407 e. The molecule has 1 aromatic heterocycles. The number of nitrogens with zero attached hydrogens (tertiary/aromatic N) is 5. The van der Waals surface area contributed by atoms with Crippen molar-refractivity contribution < 1.29 is 23.1 Å². The Labute approximate surface area is 187 Å². The highest BCUT2D eigenvalue weighted by molar-refractivity contribution is 7.88. The number of aryl methyl sites for hydroxylation is 2. The molecule has 1 aromatic rings. The van der Waals surface area contributed by atoms with Crippen molar-refractivity contribution in [3.05, 3.63) is 17.0 Å². The molecular formula is C20H30N6O5S. The number of carbonyl (C=O) groups is 2. The van der Waals surface area contributed by atoms with Crippen LogP contribution in [0.3, 0.4) is 0 Å². The first-order valence-electron chi connectivity index (χ1n) is 10.9. The Bertz CT molecular complexity index is 986. The van der Waals surface area contributed by atoms with Gasteiger partial charge in [-0.15, -0.1) is 0 Å². The first kappa shape index (κ1) is 22.7. The van der Waals surface area contributed by atoms with Crippen LogP contribution in [0.25, 0.3) is 0 Å². The molecule has 0 bridgehead atoms. The number of anilines is 1. The van der Waals surface area contributed by atoms with E-state index in [0.717, 1.165) is 0 Å². The van der Waals surface area contributed by atoms with E-state index in [-0.39, 0.29) is 23.8 Å². The summed E-state index contributed by atoms with van der Waals surface area (Å²) >= 11 is 0. The maximum atomic E-state index is 13.2. The fraction of sp³-hybridized carbons (Fsp3) is 0.700. The molecule has 4 rings (SSSR count). The zero-order chi connectivity index (χ0) is 23.2. The van der Waals surface area contributed by atoms with Crippen LogP contribution in [0.2, 0.25) is 0 Å². The molecule has 176 valence electrons. The van der Waals surface area contributed by atoms with Crippen LogP contribution in [-0.2, 0) is 10.0 Å². The maximum absolute atomic E-state index is 13.2. The van der Waals surface area contributed by atoms with Crippen LogP contribution in [0, 0.1) is 25.7 Å². The summed E-state index contributed by atoms with van der Waals surface area (Å²) in [5.41, 5.74) is 1.76. The molecule has 0 saturated carbocycles. The number of sulfonamides is 1. The fourth-order valence-electron chi connectivity index (χ4n) is 5.12. The summed E-state index contributed by atoms with van der Waals surface area (Å²) in [5.74, 6) is 0.819. The number of piperidine rings is 1. The summed E-state index contributed by atoms with van der Waals surface area (Å²) in [5, 5.41) is 9.19. The van der Waals surface area contributed by atoms with E-state index < -0.39 is 16.1 Å². The molecule has 3 fully saturated rings. The van der Waals surface area contributed by atoms with Crippen LogP contribution in [0.1, 0.15) is 34.6 Å². The molecule has 0 radical (unpaired) electrons. The highest BCUT2D eigenvalue weighted by Gasteiger charge is 2.43. The molecule has 11 nitrogen and oxygen atoms in total. The van der Waals surface area contributed by atoms with Crippen molar-refractivity contribution in [2.75, 3.05) is 50.4 Å². The zero-order valence-corrected chi connectivity index (χ0v) is 19.4. The summed E-state index contributed by atoms with van der Waals surface area (Å²) in [7, 11) is -3.23. The highest BCUT2D eigenvalue weighted by Crippen LogP contribution is 2.32. The monoisotopic (exact) mass is 466 g/mol. The molecule has 32 heavy (non-hydrogen) atoms. The van der Waals surface area contributed by atoms with Gasteiger partial charge in [0.05, 0.1) is 23.2 Å². The van der Waals surface area contributed by atoms with E-state index in [0.29, 0.717) is 75.0 Å². The van der Waals surface area contributed by atoms with E-state index in [4.69, 9.17) is 0 Å². The van der Waals surface area contributed by atoms with E-state index >= 15 is 0 Å². The predicted molar refractivity (Wildman–Crippen MR) is 117 cm³/mol. The molecule has 2 N–H and O–H groups in total. The first-order valence-corrected chi connectivity index (χ1v) is 12.8. The smallest absolute Gasteiger partial charge is 0.407 e. The lowest BCUT2D eigenvalue weighted by molar-refractivity contribution is 0.0772. The topological polar surface area (TPSA) is 136 Å². The van der Waals surface area contributed by atoms with Crippen molar-refractivity contribution in [2.45, 2.75) is 32.7 Å². The second-order valence-electron chi connectivity index (χ2n) is 9.14. The Balaban J connectivity index is 1.42. The first-order chi connectivity index (χ1) is 15.0. The summed E-state index contributed by atoms with van der Waals surface area (Å²) < 4.78 is 25.5. The number of nitrogens with one attached hydrogen (secondary N) is 1. The predicted octanol–water partition coefficient (Wildman–Crippen LogP) is 0.293. The minimum absolute atomic E-state index is 0.0871. The molecule has 0 aromatic carbocycles. The van der Waals surface area contributed by atoms with Crippen molar-refractivity contribution in [3.63, 3.8) is 0 Å². The van der Waals surface area contributed by atoms with Gasteiger partial charge in [-0.05, 0) is 26.7 Å². The van der Waals surface area contributed by atoms with Gasteiger partial charge in [0.1, 0.15) is 0 Å². The Morgan fingerprint density at radius 2 is 1.47 bits per heavy atom. The standard InChI is InChI=1S/C20H30N6O5S/c1-12-17(18(27)25-8-14-10-26(20(28)29)11-15(14)9-25)13(2)22-19(21-12)24-6-4-16(5-7-24)23-32(3,30)31/h14-16,23H,4-11H2,1-3H3,(H,28,29). The van der Waals surface area contributed by atoms with Crippen molar-refractivity contribution in [2.24, 2.45) is 11.8 Å². The van der Waals surface area contributed by atoms with Gasteiger partial charge in [-0.25, -0.2) is 27.9 Å². The molecule has 3 aliphatic rings. The third-order valence-electron chi connectivity index (χ3n) is 6.68. The van der Waals surface area contributed by atoms with Gasteiger partial charge in [0, 0.05) is 57.1 Å². The molecule has 0 spiro atoms. The summed E-state index contributed by atoms with van der Waals surface area (Å²) in [6.07, 6.45) is 1.60. The number of hydrogen-bond donors (Lipinski definition) is 2. The average Bonchev–Trinajstić information content (AvgIpc) is 3.26. The number of rotatable bonds is 4. The quantitative estimate of drug-likeness (QED) is 0.646. The summed E-state index contributed by atoms with van der Waals surface area (Å²) in [4.78, 5) is 38.9. The highest BCUT2D eigenvalue weighted by atomic mass is 32.2. The Morgan fingerprint density at radius 1 is 0.969 bits per heavy atom. The van der Waals surface area contributed by atoms with Gasteiger partial charge in [-0.1, -0.05) is 0 Å². The van der Waals surface area contributed by atoms with Gasteiger partial charge < -0.3 is 19.8 Å². The Kier molecular flexibility index (Phi) is 6.01. The van der Waals surface area contributed by atoms with Crippen LogP contribution < -0.4 is 9.62 Å². The summed E-state index contributed by atoms with van der Waals surface area (Å²) in [6, 6.07) is -0.0871. The van der Waals surface area contributed by atoms with E-state index in [9.17, 15) is 23.1 Å². The molecule has 3 aliphatic heterocycles. The number of carbonyl (C=O) groups excluding carboxylic acids is 1. The van der Waals surface area contributed by atoms with Gasteiger partial charge in [0.15, 0.2) is 0 Å². The Morgan fingerprint density at radius 3 is 1.94 bits per heavy atom. The molecule has 2 atom stereocenters. The van der Waals surface area contributed by atoms with E-state index in [1.165, 1.54) is 11.2 Å². The number of aromatic nitrogens is 2. The molecule has 3 saturated heterocycles. The van der Waals surface area contributed by atoms with E-state index in [2.05, 4.69) is 14.7 Å². The normalized spacial score (nSPS) is 24.2. The minimum atomic E-state index is -3.23. The largest absolute Gasteiger partial charge is 0.465 e. The van der Waals surface area contributed by atoms with Gasteiger partial charge in [-0.2, -0.15) is 0 Å². The van der Waals surface area contributed by atoms with Crippen LogP contribution >= 0.6 is 0 Å². The molecule has 4 heterocycles. The second kappa shape index (κ2) is 8.47. The minimum Gasteiger partial charge on any atom is -0.465 e. The van der Waals surface area contributed by atoms with Gasteiger partial charge in [0.2, 0.25) is 16.0 Å². The molecule has 2 unspecified atom stereocenters. The van der Waals surface area contributed by atoms with E-state index in [1.54, 1.807) is 4.90 Å². The number of fused-ring (bicyclic) bond motifs is 1. The fourth-order valence-corrected chi connectivity index (χ4v) is 5.96. The third kappa shape index (κ3) is 4.65. The molecule has 12 heteroatoms. The van der Waals surface area contributed by atoms with Gasteiger partial charge >= 0.3 is 6.09 Å². The zero-order valence-electron chi connectivity index (χ0n) is 18.6. The van der Waals surface area contributed by atoms with Crippen molar-refractivity contribution in [1.82, 2.24) is 24.5 Å². The second-order valence-corrected chi connectivity index (χ2v) is 10.9. The molecule has 0 aliphatic carbocycles. The molecule has 2 amide bonds. The van der Waals surface area contributed by atoms with Gasteiger partial charge in [0.25, 0.3) is 5.91 Å². The van der Waals surface area contributed by atoms with Gasteiger partial charge in [-0.3, -0.25) is 4.79 Å². The average molecular weight is 467 g/mol. The van der Waals surface area contributed by atoms with Crippen LogP contribution in [0.4, 0.5) is 10.7 Å². The van der Waals surface area contributed by atoms with Crippen LogP contribution in [0.15, 0.2) is 0 Å². The number of carboxylic acid groups (broad SMARTS) is 1.